The topological polar surface area (TPSA) is 50.4 Å². The van der Waals surface area contributed by atoms with Gasteiger partial charge in [-0.25, -0.2) is 4.79 Å². The lowest BCUT2D eigenvalue weighted by Crippen LogP contribution is -2.45. The third-order valence-electron chi connectivity index (χ3n) is 4.04. The van der Waals surface area contributed by atoms with Crippen LogP contribution in [0.1, 0.15) is 29.7 Å². The number of nitrogens with one attached hydrogen (secondary N) is 2. The van der Waals surface area contributed by atoms with Crippen LogP contribution in [0.3, 0.4) is 0 Å². The van der Waals surface area contributed by atoms with Gasteiger partial charge < -0.3 is 15.4 Å². The van der Waals surface area contributed by atoms with Gasteiger partial charge in [0, 0.05) is 0 Å². The summed E-state index contributed by atoms with van der Waals surface area (Å²) in [7, 11) is 0. The Morgan fingerprint density at radius 2 is 1.80 bits per heavy atom. The summed E-state index contributed by atoms with van der Waals surface area (Å²) in [5.41, 5.74) is 4.24. The maximum Gasteiger partial charge on any atom is 0.338 e. The fourth-order valence-corrected chi connectivity index (χ4v) is 3.05. The molecule has 128 valence electrons. The van der Waals surface area contributed by atoms with Gasteiger partial charge in [0.15, 0.2) is 5.11 Å². The summed E-state index contributed by atoms with van der Waals surface area (Å²) in [4.78, 5) is 12.7. The van der Waals surface area contributed by atoms with Crippen LogP contribution in [-0.2, 0) is 9.53 Å². The first kappa shape index (κ1) is 17.2. The average Bonchev–Trinajstić information content (AvgIpc) is 2.62. The second-order valence-corrected chi connectivity index (χ2v) is 6.23. The monoisotopic (exact) mass is 352 g/mol. The zero-order chi connectivity index (χ0) is 17.8. The molecular formula is C20H20N2O2S. The summed E-state index contributed by atoms with van der Waals surface area (Å²) < 4.78 is 5.32. The Morgan fingerprint density at radius 3 is 2.44 bits per heavy atom. The van der Waals surface area contributed by atoms with Crippen molar-refractivity contribution in [1.82, 2.24) is 10.6 Å². The van der Waals surface area contributed by atoms with Crippen LogP contribution in [0.5, 0.6) is 0 Å². The van der Waals surface area contributed by atoms with Crippen molar-refractivity contribution in [3.05, 3.63) is 76.9 Å². The van der Waals surface area contributed by atoms with Crippen LogP contribution in [-0.4, -0.2) is 17.7 Å². The molecule has 1 atom stereocenters. The lowest BCUT2D eigenvalue weighted by Gasteiger charge is -2.31. The minimum absolute atomic E-state index is 0.315. The Kier molecular flexibility index (Phi) is 5.14. The third-order valence-corrected chi connectivity index (χ3v) is 4.26. The molecule has 1 heterocycles. The van der Waals surface area contributed by atoms with Crippen molar-refractivity contribution in [2.24, 2.45) is 0 Å². The second kappa shape index (κ2) is 7.49. The zero-order valence-electron chi connectivity index (χ0n) is 14.2. The Balaban J connectivity index is 2.16. The summed E-state index contributed by atoms with van der Waals surface area (Å²) >= 11 is 5.38. The van der Waals surface area contributed by atoms with E-state index in [0.29, 0.717) is 23.0 Å². The maximum atomic E-state index is 12.7. The molecule has 4 nitrogen and oxygen atoms in total. The van der Waals surface area contributed by atoms with E-state index >= 15 is 0 Å². The van der Waals surface area contributed by atoms with E-state index in [0.717, 1.165) is 16.7 Å². The number of benzene rings is 2. The highest BCUT2D eigenvalue weighted by molar-refractivity contribution is 7.80. The van der Waals surface area contributed by atoms with Gasteiger partial charge in [-0.15, -0.1) is 0 Å². The van der Waals surface area contributed by atoms with E-state index in [1.807, 2.05) is 61.5 Å². The quantitative estimate of drug-likeness (QED) is 0.652. The molecule has 1 aliphatic rings. The van der Waals surface area contributed by atoms with Crippen LogP contribution in [0.25, 0.3) is 5.70 Å². The number of rotatable bonds is 4. The normalized spacial score (nSPS) is 16.9. The molecule has 0 unspecified atom stereocenters. The fraction of sp³-hybridized carbons (Fsp3) is 0.200. The molecule has 3 rings (SSSR count). The highest BCUT2D eigenvalue weighted by Crippen LogP contribution is 2.32. The summed E-state index contributed by atoms with van der Waals surface area (Å²) in [5.74, 6) is -0.352. The number of esters is 1. The molecule has 1 aliphatic heterocycles. The van der Waals surface area contributed by atoms with Gasteiger partial charge >= 0.3 is 5.97 Å². The summed E-state index contributed by atoms with van der Waals surface area (Å²) in [5, 5.41) is 6.82. The van der Waals surface area contributed by atoms with E-state index in [4.69, 9.17) is 17.0 Å². The first-order chi connectivity index (χ1) is 12.1. The Bertz CT molecular complexity index is 813. The summed E-state index contributed by atoms with van der Waals surface area (Å²) in [6.07, 6.45) is 0. The molecule has 0 fully saturated rings. The van der Waals surface area contributed by atoms with Gasteiger partial charge in [0.05, 0.1) is 23.9 Å². The summed E-state index contributed by atoms with van der Waals surface area (Å²) in [6, 6.07) is 17.4. The molecular weight excluding hydrogens is 332 g/mol. The van der Waals surface area contributed by atoms with Gasteiger partial charge in [-0.3, -0.25) is 0 Å². The van der Waals surface area contributed by atoms with Crippen molar-refractivity contribution in [1.29, 1.82) is 0 Å². The van der Waals surface area contributed by atoms with Gasteiger partial charge in [0.25, 0.3) is 0 Å². The number of carbonyl (C=O) groups excluding carboxylic acids is 1. The van der Waals surface area contributed by atoms with Crippen LogP contribution in [0.2, 0.25) is 0 Å². The molecule has 2 aromatic rings. The molecule has 0 bridgehead atoms. The third kappa shape index (κ3) is 3.72. The fourth-order valence-electron chi connectivity index (χ4n) is 2.83. The van der Waals surface area contributed by atoms with E-state index in [-0.39, 0.29) is 12.0 Å². The lowest BCUT2D eigenvalue weighted by molar-refractivity contribution is -0.138. The SMILES string of the molecule is CCOC(=O)C1=C(c2ccccc2)NC(=S)N[C@H]1c1ccc(C)cc1. The lowest BCUT2D eigenvalue weighted by atomic mass is 9.92. The van der Waals surface area contributed by atoms with Gasteiger partial charge in [0.1, 0.15) is 0 Å². The van der Waals surface area contributed by atoms with Crippen LogP contribution in [0, 0.1) is 6.92 Å². The molecule has 0 spiro atoms. The minimum atomic E-state index is -0.358. The molecule has 25 heavy (non-hydrogen) atoms. The largest absolute Gasteiger partial charge is 0.463 e. The first-order valence-corrected chi connectivity index (χ1v) is 8.61. The second-order valence-electron chi connectivity index (χ2n) is 5.82. The van der Waals surface area contributed by atoms with Gasteiger partial charge in [-0.05, 0) is 37.2 Å². The minimum Gasteiger partial charge on any atom is -0.463 e. The van der Waals surface area contributed by atoms with Gasteiger partial charge in [0.2, 0.25) is 0 Å². The molecule has 0 aromatic heterocycles. The molecule has 0 saturated carbocycles. The smallest absolute Gasteiger partial charge is 0.338 e. The number of hydrogen-bond donors (Lipinski definition) is 2. The van der Waals surface area contributed by atoms with Crippen molar-refractivity contribution >= 4 is 29.0 Å². The highest BCUT2D eigenvalue weighted by Gasteiger charge is 2.32. The van der Waals surface area contributed by atoms with Crippen LogP contribution in [0.4, 0.5) is 0 Å². The Morgan fingerprint density at radius 1 is 1.12 bits per heavy atom. The van der Waals surface area contributed by atoms with Gasteiger partial charge in [-0.2, -0.15) is 0 Å². The molecule has 0 saturated heterocycles. The predicted octanol–water partition coefficient (Wildman–Crippen LogP) is 3.49. The van der Waals surface area contributed by atoms with E-state index in [9.17, 15) is 4.79 Å². The van der Waals surface area contributed by atoms with Crippen LogP contribution < -0.4 is 10.6 Å². The molecule has 2 N–H and O–H groups in total. The highest BCUT2D eigenvalue weighted by atomic mass is 32.1. The maximum absolute atomic E-state index is 12.7. The Hall–Kier alpha value is -2.66. The van der Waals surface area contributed by atoms with Crippen LogP contribution >= 0.6 is 12.2 Å². The number of aryl methyl sites for hydroxylation is 1. The van der Waals surface area contributed by atoms with E-state index < -0.39 is 0 Å². The molecule has 0 amide bonds. The number of thiocarbonyl (C=S) groups is 1. The molecule has 5 heteroatoms. The van der Waals surface area contributed by atoms with E-state index in [2.05, 4.69) is 10.6 Å². The molecule has 0 radical (unpaired) electrons. The first-order valence-electron chi connectivity index (χ1n) is 8.21. The van der Waals surface area contributed by atoms with E-state index in [1.54, 1.807) is 6.92 Å². The van der Waals surface area contributed by atoms with Crippen molar-refractivity contribution in [2.45, 2.75) is 19.9 Å². The van der Waals surface area contributed by atoms with Gasteiger partial charge in [-0.1, -0.05) is 60.2 Å². The molecule has 2 aromatic carbocycles. The predicted molar refractivity (Wildman–Crippen MR) is 103 cm³/mol. The van der Waals surface area contributed by atoms with E-state index in [1.165, 1.54) is 0 Å². The van der Waals surface area contributed by atoms with Crippen LogP contribution in [0.15, 0.2) is 60.2 Å². The zero-order valence-corrected chi connectivity index (χ0v) is 15.0. The van der Waals surface area contributed by atoms with Crippen molar-refractivity contribution in [3.8, 4) is 0 Å². The number of hydrogen-bond acceptors (Lipinski definition) is 3. The van der Waals surface area contributed by atoms with Crippen molar-refractivity contribution in [2.75, 3.05) is 6.61 Å². The standard InChI is InChI=1S/C20H20N2O2S/c1-3-24-19(23)16-17(14-7-5-4-6-8-14)21-20(25)22-18(16)15-11-9-13(2)10-12-15/h4-12,18H,3H2,1-2H3,(H2,21,22,25)/t18-/m0/s1. The summed E-state index contributed by atoms with van der Waals surface area (Å²) in [6.45, 7) is 4.15. The number of ether oxygens (including phenoxy) is 1. The Labute approximate surface area is 152 Å². The molecule has 0 aliphatic carbocycles. The average molecular weight is 352 g/mol. The van der Waals surface area contributed by atoms with Crippen molar-refractivity contribution in [3.63, 3.8) is 0 Å². The number of carbonyl (C=O) groups is 1. The van der Waals surface area contributed by atoms with Crippen molar-refractivity contribution < 1.29 is 9.53 Å².